The molecule has 1 rings (SSSR count). The van der Waals surface area contributed by atoms with Crippen LogP contribution in [0.5, 0.6) is 0 Å². The standard InChI is InChI=1S/C6H7N3O3S/c1-12-4(10)2-3-5(11)7-6(13)9-8-3/h2,8H,1H3,(H2,7,9,11,13)/b3-2+. The van der Waals surface area contributed by atoms with Gasteiger partial charge in [-0.05, 0) is 12.2 Å². The van der Waals surface area contributed by atoms with Crippen LogP contribution >= 0.6 is 12.2 Å². The fraction of sp³-hybridized carbons (Fsp3) is 0.167. The monoisotopic (exact) mass is 201 g/mol. The van der Waals surface area contributed by atoms with Gasteiger partial charge in [0, 0.05) is 0 Å². The van der Waals surface area contributed by atoms with Crippen LogP contribution in [0.25, 0.3) is 0 Å². The van der Waals surface area contributed by atoms with Gasteiger partial charge in [0.05, 0.1) is 13.2 Å². The summed E-state index contributed by atoms with van der Waals surface area (Å²) >= 11 is 4.63. The number of rotatable bonds is 1. The third-order valence-electron chi connectivity index (χ3n) is 1.25. The van der Waals surface area contributed by atoms with Gasteiger partial charge in [0.1, 0.15) is 5.70 Å². The van der Waals surface area contributed by atoms with Gasteiger partial charge in [-0.2, -0.15) is 0 Å². The van der Waals surface area contributed by atoms with Crippen LogP contribution in [0.3, 0.4) is 0 Å². The van der Waals surface area contributed by atoms with Crippen molar-refractivity contribution in [2.75, 3.05) is 7.11 Å². The van der Waals surface area contributed by atoms with Crippen molar-refractivity contribution >= 4 is 29.2 Å². The quantitative estimate of drug-likeness (QED) is 0.274. The number of hydrazine groups is 1. The van der Waals surface area contributed by atoms with Crippen LogP contribution in [0.4, 0.5) is 0 Å². The average Bonchev–Trinajstić information content (AvgIpc) is 2.09. The molecule has 1 aliphatic heterocycles. The van der Waals surface area contributed by atoms with Gasteiger partial charge in [-0.3, -0.25) is 21.0 Å². The van der Waals surface area contributed by atoms with Crippen LogP contribution in [-0.2, 0) is 14.3 Å². The van der Waals surface area contributed by atoms with Crippen molar-refractivity contribution in [1.82, 2.24) is 16.2 Å². The first-order chi connectivity index (χ1) is 6.13. The van der Waals surface area contributed by atoms with E-state index in [0.29, 0.717) is 0 Å². The number of esters is 1. The number of hydrogen-bond acceptors (Lipinski definition) is 5. The van der Waals surface area contributed by atoms with Crippen LogP contribution in [0.15, 0.2) is 11.8 Å². The number of nitrogens with one attached hydrogen (secondary N) is 3. The minimum absolute atomic E-state index is 0.0560. The van der Waals surface area contributed by atoms with Gasteiger partial charge in [-0.1, -0.05) is 0 Å². The normalized spacial score (nSPS) is 18.7. The molecule has 0 aromatic heterocycles. The maximum absolute atomic E-state index is 11.1. The Bertz CT molecular complexity index is 299. The summed E-state index contributed by atoms with van der Waals surface area (Å²) in [5.41, 5.74) is 4.96. The van der Waals surface area contributed by atoms with Crippen molar-refractivity contribution in [3.63, 3.8) is 0 Å². The molecule has 7 heteroatoms. The van der Waals surface area contributed by atoms with E-state index in [2.05, 4.69) is 33.1 Å². The second kappa shape index (κ2) is 3.85. The maximum Gasteiger partial charge on any atom is 0.332 e. The minimum Gasteiger partial charge on any atom is -0.466 e. The molecule has 1 heterocycles. The zero-order valence-electron chi connectivity index (χ0n) is 6.71. The molecule has 0 atom stereocenters. The predicted molar refractivity (Wildman–Crippen MR) is 47.1 cm³/mol. The summed E-state index contributed by atoms with van der Waals surface area (Å²) in [6.45, 7) is 0. The van der Waals surface area contributed by atoms with Crippen LogP contribution in [-0.4, -0.2) is 24.1 Å². The van der Waals surface area contributed by atoms with Crippen molar-refractivity contribution in [3.05, 3.63) is 11.8 Å². The lowest BCUT2D eigenvalue weighted by Crippen LogP contribution is -2.54. The summed E-state index contributed by atoms with van der Waals surface area (Å²) in [5.74, 6) is -1.10. The van der Waals surface area contributed by atoms with Gasteiger partial charge in [0.25, 0.3) is 5.91 Å². The van der Waals surface area contributed by atoms with Gasteiger partial charge >= 0.3 is 5.97 Å². The maximum atomic E-state index is 11.1. The van der Waals surface area contributed by atoms with E-state index >= 15 is 0 Å². The Hall–Kier alpha value is -1.63. The number of amides is 1. The SMILES string of the molecule is COC(=O)/C=C1/NNC(=S)NC1=O. The van der Waals surface area contributed by atoms with E-state index in [0.717, 1.165) is 6.08 Å². The zero-order valence-corrected chi connectivity index (χ0v) is 7.53. The van der Waals surface area contributed by atoms with Crippen molar-refractivity contribution in [3.8, 4) is 0 Å². The van der Waals surface area contributed by atoms with E-state index in [1.54, 1.807) is 0 Å². The third kappa shape index (κ3) is 2.41. The Morgan fingerprint density at radius 3 is 2.77 bits per heavy atom. The smallest absolute Gasteiger partial charge is 0.332 e. The van der Waals surface area contributed by atoms with Crippen molar-refractivity contribution < 1.29 is 14.3 Å². The molecule has 0 bridgehead atoms. The van der Waals surface area contributed by atoms with Crippen molar-refractivity contribution in [2.45, 2.75) is 0 Å². The Labute approximate surface area is 79.3 Å². The van der Waals surface area contributed by atoms with E-state index in [1.807, 2.05) is 0 Å². The molecular formula is C6H7N3O3S. The molecule has 0 aliphatic carbocycles. The highest BCUT2D eigenvalue weighted by molar-refractivity contribution is 7.80. The number of carbonyl (C=O) groups excluding carboxylic acids is 2. The zero-order chi connectivity index (χ0) is 9.84. The molecule has 0 spiro atoms. The van der Waals surface area contributed by atoms with Gasteiger partial charge in [-0.15, -0.1) is 0 Å². The molecule has 1 fully saturated rings. The molecular weight excluding hydrogens is 194 g/mol. The molecule has 0 aromatic rings. The molecule has 1 aliphatic rings. The summed E-state index contributed by atoms with van der Waals surface area (Å²) < 4.78 is 4.33. The largest absolute Gasteiger partial charge is 0.466 e. The van der Waals surface area contributed by atoms with Crippen LogP contribution in [0.2, 0.25) is 0 Å². The van der Waals surface area contributed by atoms with Gasteiger partial charge in [0.15, 0.2) is 5.11 Å². The van der Waals surface area contributed by atoms with Crippen LogP contribution < -0.4 is 16.2 Å². The summed E-state index contributed by atoms with van der Waals surface area (Å²) in [7, 11) is 1.22. The lowest BCUT2D eigenvalue weighted by Gasteiger charge is -2.19. The molecule has 0 aromatic carbocycles. The minimum atomic E-state index is -0.618. The molecule has 70 valence electrons. The summed E-state index contributed by atoms with van der Waals surface area (Å²) in [6.07, 6.45) is 1.02. The molecule has 6 nitrogen and oxygen atoms in total. The van der Waals surface area contributed by atoms with Crippen LogP contribution in [0.1, 0.15) is 0 Å². The highest BCUT2D eigenvalue weighted by Crippen LogP contribution is 1.93. The highest BCUT2D eigenvalue weighted by Gasteiger charge is 2.17. The van der Waals surface area contributed by atoms with Crippen molar-refractivity contribution in [2.24, 2.45) is 0 Å². The van der Waals surface area contributed by atoms with Gasteiger partial charge in [0.2, 0.25) is 0 Å². The third-order valence-corrected chi connectivity index (χ3v) is 1.45. The number of hydrogen-bond donors (Lipinski definition) is 3. The van der Waals surface area contributed by atoms with Crippen molar-refractivity contribution in [1.29, 1.82) is 0 Å². The summed E-state index contributed by atoms with van der Waals surface area (Å²) in [4.78, 5) is 21.8. The Kier molecular flexibility index (Phi) is 2.80. The Morgan fingerprint density at radius 2 is 2.23 bits per heavy atom. The lowest BCUT2D eigenvalue weighted by atomic mass is 10.3. The van der Waals surface area contributed by atoms with Gasteiger partial charge in [-0.25, -0.2) is 4.79 Å². The average molecular weight is 201 g/mol. The number of carbonyl (C=O) groups is 2. The molecule has 1 saturated heterocycles. The fourth-order valence-electron chi connectivity index (χ4n) is 0.661. The molecule has 13 heavy (non-hydrogen) atoms. The van der Waals surface area contributed by atoms with Gasteiger partial charge < -0.3 is 4.74 Å². The summed E-state index contributed by atoms with van der Waals surface area (Å²) in [5, 5.41) is 2.46. The number of methoxy groups -OCH3 is 1. The number of ether oxygens (including phenoxy) is 1. The fourth-order valence-corrected chi connectivity index (χ4v) is 0.805. The summed E-state index contributed by atoms with van der Waals surface area (Å²) in [6, 6.07) is 0. The van der Waals surface area contributed by atoms with E-state index in [4.69, 9.17) is 0 Å². The second-order valence-corrected chi connectivity index (χ2v) is 2.52. The molecule has 3 N–H and O–H groups in total. The van der Waals surface area contributed by atoms with E-state index < -0.39 is 11.9 Å². The molecule has 0 radical (unpaired) electrons. The molecule has 0 saturated carbocycles. The molecule has 1 amide bonds. The first-order valence-corrected chi connectivity index (χ1v) is 3.71. The topological polar surface area (TPSA) is 79.5 Å². The highest BCUT2D eigenvalue weighted by atomic mass is 32.1. The second-order valence-electron chi connectivity index (χ2n) is 2.11. The van der Waals surface area contributed by atoms with Crippen LogP contribution in [0, 0.1) is 0 Å². The Balaban J connectivity index is 2.71. The first kappa shape index (κ1) is 9.46. The molecule has 0 unspecified atom stereocenters. The van der Waals surface area contributed by atoms with E-state index in [1.165, 1.54) is 7.11 Å². The van der Waals surface area contributed by atoms with E-state index in [9.17, 15) is 9.59 Å². The number of thiocarbonyl (C=S) groups is 1. The first-order valence-electron chi connectivity index (χ1n) is 3.30. The van der Waals surface area contributed by atoms with E-state index in [-0.39, 0.29) is 10.8 Å². The lowest BCUT2D eigenvalue weighted by molar-refractivity contribution is -0.135. The predicted octanol–water partition coefficient (Wildman–Crippen LogP) is -1.45. The Morgan fingerprint density at radius 1 is 1.54 bits per heavy atom.